The smallest absolute Gasteiger partial charge is 0.283 e. The predicted molar refractivity (Wildman–Crippen MR) is 76.7 cm³/mol. The molecule has 0 aliphatic rings. The second-order valence-corrected chi connectivity index (χ2v) is 4.60. The first kappa shape index (κ1) is 13.3. The van der Waals surface area contributed by atoms with E-state index >= 15 is 0 Å². The second-order valence-electron chi connectivity index (χ2n) is 3.81. The van der Waals surface area contributed by atoms with Crippen molar-refractivity contribution < 1.29 is 0 Å². The van der Waals surface area contributed by atoms with Crippen molar-refractivity contribution in [2.24, 2.45) is 0 Å². The quantitative estimate of drug-likeness (QED) is 0.715. The average molecular weight is 325 g/mol. The molecule has 0 aromatic carbocycles. The Balaban J connectivity index is 2.18. The molecule has 0 unspecified atom stereocenters. The monoisotopic (exact) mass is 324 g/mol. The zero-order valence-corrected chi connectivity index (χ0v) is 11.6. The molecule has 2 heterocycles. The van der Waals surface area contributed by atoms with E-state index in [-0.39, 0.29) is 5.56 Å². The minimum absolute atomic E-state index is 0.218. The normalized spacial score (nSPS) is 10.4. The molecule has 2 rings (SSSR count). The Morgan fingerprint density at radius 1 is 1.58 bits per heavy atom. The summed E-state index contributed by atoms with van der Waals surface area (Å²) < 4.78 is 1.74. The molecule has 0 saturated heterocycles. The number of nitrogens with two attached hydrogens (primary N) is 1. The number of hydrogen-bond donors (Lipinski definition) is 3. The minimum atomic E-state index is -0.218. The number of rotatable bonds is 5. The molecule has 4 N–H and O–H groups in total. The Labute approximate surface area is 117 Å². The highest BCUT2D eigenvalue weighted by atomic mass is 79.9. The van der Waals surface area contributed by atoms with Crippen LogP contribution in [0.4, 0.5) is 11.5 Å². The first-order chi connectivity index (χ1) is 9.13. The lowest BCUT2D eigenvalue weighted by atomic mass is 10.3. The third-order valence-corrected chi connectivity index (χ3v) is 3.27. The number of aromatic amines is 1. The molecule has 2 aromatic heterocycles. The topological polar surface area (TPSA) is 102 Å². The van der Waals surface area contributed by atoms with Gasteiger partial charge < -0.3 is 11.1 Å². The van der Waals surface area contributed by atoms with Crippen molar-refractivity contribution in [3.05, 3.63) is 45.4 Å². The standard InChI is InChI=1S/C11H13BrN6O/c1-2-3-18-11(19)9(12)8(6-16-18)14-4-7-5-15-17-10(7)13/h2,5-6,14H,1,3-4H2,(H3,13,15,17). The van der Waals surface area contributed by atoms with E-state index in [1.165, 1.54) is 4.68 Å². The number of allylic oxidation sites excluding steroid dienone is 1. The summed E-state index contributed by atoms with van der Waals surface area (Å²) in [5.74, 6) is 0.497. The van der Waals surface area contributed by atoms with E-state index in [9.17, 15) is 4.79 Å². The maximum atomic E-state index is 11.9. The molecule has 0 aliphatic heterocycles. The fourth-order valence-corrected chi connectivity index (χ4v) is 1.94. The number of nitrogen functional groups attached to an aromatic ring is 1. The van der Waals surface area contributed by atoms with Crippen LogP contribution < -0.4 is 16.6 Å². The molecule has 0 radical (unpaired) electrons. The van der Waals surface area contributed by atoms with Gasteiger partial charge in [0.2, 0.25) is 0 Å². The minimum Gasteiger partial charge on any atom is -0.384 e. The fraction of sp³-hybridized carbons (Fsp3) is 0.182. The van der Waals surface area contributed by atoms with E-state index in [4.69, 9.17) is 5.73 Å². The van der Waals surface area contributed by atoms with Gasteiger partial charge in [-0.05, 0) is 15.9 Å². The average Bonchev–Trinajstić information content (AvgIpc) is 2.80. The number of anilines is 2. The Morgan fingerprint density at radius 2 is 2.37 bits per heavy atom. The molecule has 0 aliphatic carbocycles. The van der Waals surface area contributed by atoms with Crippen LogP contribution >= 0.6 is 15.9 Å². The number of aromatic nitrogens is 4. The van der Waals surface area contributed by atoms with Crippen LogP contribution in [0, 0.1) is 0 Å². The van der Waals surface area contributed by atoms with Crippen LogP contribution in [0.5, 0.6) is 0 Å². The molecular weight excluding hydrogens is 312 g/mol. The van der Waals surface area contributed by atoms with Crippen molar-refractivity contribution in [2.75, 3.05) is 11.1 Å². The molecular formula is C11H13BrN6O. The highest BCUT2D eigenvalue weighted by Crippen LogP contribution is 2.18. The van der Waals surface area contributed by atoms with Gasteiger partial charge in [-0.1, -0.05) is 6.08 Å². The maximum absolute atomic E-state index is 11.9. The van der Waals surface area contributed by atoms with Gasteiger partial charge in [0.1, 0.15) is 10.3 Å². The van der Waals surface area contributed by atoms with Crippen LogP contribution in [0.1, 0.15) is 5.56 Å². The summed E-state index contributed by atoms with van der Waals surface area (Å²) in [6, 6.07) is 0. The molecule has 0 fully saturated rings. The van der Waals surface area contributed by atoms with Crippen molar-refractivity contribution in [3.8, 4) is 0 Å². The lowest BCUT2D eigenvalue weighted by Crippen LogP contribution is -2.23. The number of nitrogens with one attached hydrogen (secondary N) is 2. The number of halogens is 1. The largest absolute Gasteiger partial charge is 0.384 e. The molecule has 7 nitrogen and oxygen atoms in total. The van der Waals surface area contributed by atoms with Crippen LogP contribution in [-0.2, 0) is 13.1 Å². The number of hydrogen-bond acceptors (Lipinski definition) is 5. The first-order valence-corrected chi connectivity index (χ1v) is 6.31. The summed E-state index contributed by atoms with van der Waals surface area (Å²) >= 11 is 3.26. The van der Waals surface area contributed by atoms with Gasteiger partial charge in [0.25, 0.3) is 5.56 Å². The van der Waals surface area contributed by atoms with Gasteiger partial charge in [-0.3, -0.25) is 9.89 Å². The van der Waals surface area contributed by atoms with Crippen molar-refractivity contribution in [1.29, 1.82) is 0 Å². The van der Waals surface area contributed by atoms with Crippen LogP contribution in [0.25, 0.3) is 0 Å². The van der Waals surface area contributed by atoms with Crippen molar-refractivity contribution in [2.45, 2.75) is 13.1 Å². The zero-order chi connectivity index (χ0) is 13.8. The second kappa shape index (κ2) is 5.70. The van der Waals surface area contributed by atoms with E-state index < -0.39 is 0 Å². The Hall–Kier alpha value is -2.09. The molecule has 100 valence electrons. The van der Waals surface area contributed by atoms with Crippen LogP contribution in [-0.4, -0.2) is 20.0 Å². The van der Waals surface area contributed by atoms with Crippen molar-refractivity contribution in [3.63, 3.8) is 0 Å². The predicted octanol–water partition coefficient (Wildman–Crippen LogP) is 1.11. The summed E-state index contributed by atoms with van der Waals surface area (Å²) in [7, 11) is 0. The van der Waals surface area contributed by atoms with E-state index in [0.717, 1.165) is 5.56 Å². The summed E-state index contributed by atoms with van der Waals surface area (Å²) in [4.78, 5) is 11.9. The third-order valence-electron chi connectivity index (χ3n) is 2.51. The van der Waals surface area contributed by atoms with Gasteiger partial charge in [-0.25, -0.2) is 4.68 Å². The maximum Gasteiger partial charge on any atom is 0.283 e. The van der Waals surface area contributed by atoms with E-state index in [2.05, 4.69) is 43.1 Å². The lowest BCUT2D eigenvalue weighted by molar-refractivity contribution is 0.649. The molecule has 0 atom stereocenters. The Morgan fingerprint density at radius 3 is 3.00 bits per heavy atom. The van der Waals surface area contributed by atoms with Gasteiger partial charge in [0.05, 0.1) is 24.6 Å². The highest BCUT2D eigenvalue weighted by Gasteiger charge is 2.09. The molecule has 2 aromatic rings. The summed E-state index contributed by atoms with van der Waals surface area (Å²) in [6.45, 7) is 4.39. The third kappa shape index (κ3) is 2.84. The van der Waals surface area contributed by atoms with Crippen LogP contribution in [0.15, 0.2) is 34.3 Å². The fourth-order valence-electron chi connectivity index (χ4n) is 1.49. The van der Waals surface area contributed by atoms with Gasteiger partial charge in [0, 0.05) is 12.1 Å². The molecule has 0 bridgehead atoms. The van der Waals surface area contributed by atoms with Crippen molar-refractivity contribution >= 4 is 27.4 Å². The van der Waals surface area contributed by atoms with Crippen LogP contribution in [0.2, 0.25) is 0 Å². The molecule has 0 spiro atoms. The summed E-state index contributed by atoms with van der Waals surface area (Å²) in [5.41, 5.74) is 6.88. The van der Waals surface area contributed by atoms with Crippen molar-refractivity contribution in [1.82, 2.24) is 20.0 Å². The SMILES string of the molecule is C=CCn1ncc(NCc2cn[nH]c2N)c(Br)c1=O. The lowest BCUT2D eigenvalue weighted by Gasteiger charge is -2.09. The van der Waals surface area contributed by atoms with Crippen LogP contribution in [0.3, 0.4) is 0 Å². The molecule has 8 heteroatoms. The van der Waals surface area contributed by atoms with Gasteiger partial charge in [-0.2, -0.15) is 10.2 Å². The summed E-state index contributed by atoms with van der Waals surface area (Å²) in [5, 5.41) is 13.6. The molecule has 19 heavy (non-hydrogen) atoms. The zero-order valence-electron chi connectivity index (χ0n) is 10.1. The Kier molecular flexibility index (Phi) is 4.00. The van der Waals surface area contributed by atoms with E-state index in [1.807, 2.05) is 0 Å². The van der Waals surface area contributed by atoms with E-state index in [1.54, 1.807) is 18.5 Å². The summed E-state index contributed by atoms with van der Waals surface area (Å²) in [6.07, 6.45) is 4.81. The number of H-pyrrole nitrogens is 1. The van der Waals surface area contributed by atoms with Gasteiger partial charge in [-0.15, -0.1) is 6.58 Å². The molecule has 0 saturated carbocycles. The highest BCUT2D eigenvalue weighted by molar-refractivity contribution is 9.10. The van der Waals surface area contributed by atoms with E-state index in [0.29, 0.717) is 29.1 Å². The molecule has 0 amide bonds. The first-order valence-electron chi connectivity index (χ1n) is 5.51. The number of nitrogens with zero attached hydrogens (tertiary/aromatic N) is 3. The Bertz CT molecular complexity index is 647. The van der Waals surface area contributed by atoms with Gasteiger partial charge in [0.15, 0.2) is 0 Å². The van der Waals surface area contributed by atoms with Gasteiger partial charge >= 0.3 is 0 Å².